The second-order valence-electron chi connectivity index (χ2n) is 24.5. The van der Waals surface area contributed by atoms with Crippen LogP contribution in [0.15, 0.2) is 106 Å². The fourth-order valence-corrected chi connectivity index (χ4v) is 9.64. The predicted molar refractivity (Wildman–Crippen MR) is 353 cm³/mol. The van der Waals surface area contributed by atoms with Gasteiger partial charge in [-0.2, -0.15) is 15.3 Å². The van der Waals surface area contributed by atoms with E-state index in [0.717, 1.165) is 16.7 Å². The van der Waals surface area contributed by atoms with E-state index in [1.165, 1.54) is 49.3 Å². The van der Waals surface area contributed by atoms with E-state index in [0.29, 0.717) is 69.8 Å². The standard InChI is InChI=1S/C24H33N3O7.C22H28N4O5.C21H27N3O7/c1-6-11-27-21(29)20(19(32-5)15-25-27)17-9-7-16(8-10-17)14-18(22(30)33-13-12-28)26-23(31)34-24(2,3)4;1-13(2)25-22(9-10-22)21(30)24-16(20(28)29)11-14-5-7-15(8-6-14)18-17(31-4)12-23-26(3)19(18)27;1-21(2,3)31-20(29)23-15(19(27)28)11-13-5-7-14(8-6-13)17-16(30-4)12-22-24(9-10-25)18(17)26/h7-10,15,18,28H,6,11-14H2,1-5H3,(H,26,31);5-8,12-13,16,25H,9-11H2,1-4H3,(H,24,30)(H,28,29);5-8,12,15,25H,9-11H2,1-4H3,(H,23,29)(H,27,28)/t18-;16-;15-/m000/s1. The Kier molecular flexibility index (Phi) is 27.9. The Hall–Kier alpha value is -10.0. The van der Waals surface area contributed by atoms with E-state index in [1.54, 1.807) is 121 Å². The number of amides is 3. The highest BCUT2D eigenvalue weighted by Gasteiger charge is 2.51. The number of aryl methyl sites for hydroxylation is 2. The summed E-state index contributed by atoms with van der Waals surface area (Å²) in [6.07, 6.45) is 5.23. The number of aliphatic hydroxyl groups is 2. The Morgan fingerprint density at radius 2 is 0.927 bits per heavy atom. The van der Waals surface area contributed by atoms with E-state index >= 15 is 0 Å². The number of ether oxygens (including phenoxy) is 6. The summed E-state index contributed by atoms with van der Waals surface area (Å²) in [5.74, 6) is -2.26. The number of nitrogens with one attached hydrogen (secondary N) is 4. The van der Waals surface area contributed by atoms with Crippen LogP contribution in [0.1, 0.15) is 98.3 Å². The number of nitrogens with zero attached hydrogens (tertiary/aromatic N) is 6. The van der Waals surface area contributed by atoms with Crippen molar-refractivity contribution >= 4 is 36.0 Å². The Balaban J connectivity index is 0.000000261. The van der Waals surface area contributed by atoms with Crippen LogP contribution in [0.2, 0.25) is 0 Å². The second kappa shape index (κ2) is 34.9. The summed E-state index contributed by atoms with van der Waals surface area (Å²) >= 11 is 0. The van der Waals surface area contributed by atoms with E-state index in [-0.39, 0.29) is 80.0 Å². The molecule has 3 amide bonds. The van der Waals surface area contributed by atoms with Crippen molar-refractivity contribution < 1.29 is 77.6 Å². The zero-order valence-electron chi connectivity index (χ0n) is 56.3. The number of aliphatic hydroxyl groups excluding tert-OH is 2. The average Bonchev–Trinajstić information content (AvgIpc) is 1.03. The van der Waals surface area contributed by atoms with Gasteiger partial charge in [0.1, 0.15) is 35.9 Å². The Morgan fingerprint density at radius 1 is 0.552 bits per heavy atom. The lowest BCUT2D eigenvalue weighted by molar-refractivity contribution is -0.147. The lowest BCUT2D eigenvalue weighted by atomic mass is 10.0. The smallest absolute Gasteiger partial charge is 0.408 e. The molecule has 29 heteroatoms. The van der Waals surface area contributed by atoms with Gasteiger partial charge in [0.05, 0.1) is 81.9 Å². The number of carbonyl (C=O) groups is 6. The second-order valence-corrected chi connectivity index (χ2v) is 24.5. The van der Waals surface area contributed by atoms with Gasteiger partial charge in [-0.25, -0.2) is 38.0 Å². The van der Waals surface area contributed by atoms with Crippen molar-refractivity contribution in [2.75, 3.05) is 41.2 Å². The maximum absolute atomic E-state index is 12.9. The number of methoxy groups -OCH3 is 3. The monoisotopic (exact) mass is 1340 g/mol. The molecule has 0 aliphatic heterocycles. The van der Waals surface area contributed by atoms with Crippen molar-refractivity contribution in [3.63, 3.8) is 0 Å². The van der Waals surface area contributed by atoms with Gasteiger partial charge < -0.3 is 70.1 Å². The van der Waals surface area contributed by atoms with Crippen LogP contribution in [-0.2, 0) is 72.8 Å². The Labute approximate surface area is 555 Å². The van der Waals surface area contributed by atoms with E-state index in [1.807, 2.05) is 20.8 Å². The molecule has 1 saturated carbocycles. The molecule has 0 radical (unpaired) electrons. The normalized spacial score (nSPS) is 13.2. The van der Waals surface area contributed by atoms with Crippen LogP contribution < -0.4 is 52.2 Å². The molecule has 3 heterocycles. The summed E-state index contributed by atoms with van der Waals surface area (Å²) < 4.78 is 35.0. The van der Waals surface area contributed by atoms with Crippen LogP contribution >= 0.6 is 0 Å². The van der Waals surface area contributed by atoms with Crippen LogP contribution in [0, 0.1) is 0 Å². The first kappa shape index (κ1) is 76.7. The summed E-state index contributed by atoms with van der Waals surface area (Å²) in [7, 11) is 5.92. The minimum atomic E-state index is -1.20. The maximum atomic E-state index is 12.9. The minimum absolute atomic E-state index is 0.0249. The van der Waals surface area contributed by atoms with E-state index in [4.69, 9.17) is 38.6 Å². The van der Waals surface area contributed by atoms with Gasteiger partial charge in [0.15, 0.2) is 17.2 Å². The Morgan fingerprint density at radius 3 is 1.28 bits per heavy atom. The quantitative estimate of drug-likeness (QED) is 0.0253. The molecule has 0 spiro atoms. The third-order valence-electron chi connectivity index (χ3n) is 14.2. The number of carboxylic acid groups (broad SMARTS) is 2. The van der Waals surface area contributed by atoms with Crippen LogP contribution in [-0.4, -0.2) is 168 Å². The van der Waals surface area contributed by atoms with E-state index in [2.05, 4.69) is 36.6 Å². The number of benzene rings is 3. The molecule has 3 aromatic carbocycles. The molecule has 1 aliphatic carbocycles. The van der Waals surface area contributed by atoms with Crippen molar-refractivity contribution in [3.05, 3.63) is 139 Å². The van der Waals surface area contributed by atoms with E-state index < -0.39 is 70.5 Å². The summed E-state index contributed by atoms with van der Waals surface area (Å²) in [5.41, 5.74) is 1.82. The fourth-order valence-electron chi connectivity index (χ4n) is 9.64. The van der Waals surface area contributed by atoms with Crippen molar-refractivity contribution in [2.45, 2.75) is 155 Å². The van der Waals surface area contributed by atoms with Crippen LogP contribution in [0.5, 0.6) is 17.2 Å². The fraction of sp³-hybridized carbons (Fsp3) is 0.463. The van der Waals surface area contributed by atoms with Gasteiger partial charge in [-0.15, -0.1) is 0 Å². The average molecular weight is 1340 g/mol. The van der Waals surface area contributed by atoms with Crippen molar-refractivity contribution in [1.29, 1.82) is 0 Å². The van der Waals surface area contributed by atoms with Gasteiger partial charge in [0.25, 0.3) is 16.7 Å². The predicted octanol–water partition coefficient (Wildman–Crippen LogP) is 4.83. The highest BCUT2D eigenvalue weighted by Crippen LogP contribution is 2.36. The molecule has 96 heavy (non-hydrogen) atoms. The summed E-state index contributed by atoms with van der Waals surface area (Å²) in [6.45, 7) is 15.8. The number of aromatic nitrogens is 6. The van der Waals surface area contributed by atoms with Gasteiger partial charge in [-0.05, 0) is 108 Å². The third-order valence-corrected chi connectivity index (χ3v) is 14.2. The molecule has 29 nitrogen and oxygen atoms in total. The Bertz CT molecular complexity index is 3810. The maximum Gasteiger partial charge on any atom is 0.408 e. The van der Waals surface area contributed by atoms with E-state index in [9.17, 15) is 53.4 Å². The number of rotatable bonds is 27. The summed E-state index contributed by atoms with van der Waals surface area (Å²) in [6, 6.07) is 17.5. The van der Waals surface area contributed by atoms with Crippen molar-refractivity contribution in [3.8, 4) is 50.6 Å². The first-order valence-corrected chi connectivity index (χ1v) is 30.9. The molecule has 0 unspecified atom stereocenters. The third kappa shape index (κ3) is 22.3. The molecule has 1 fully saturated rings. The minimum Gasteiger partial charge on any atom is -0.494 e. The first-order chi connectivity index (χ1) is 45.3. The number of alkyl carbamates (subject to hydrolysis) is 2. The van der Waals surface area contributed by atoms with Crippen molar-refractivity contribution in [2.24, 2.45) is 7.05 Å². The zero-order chi connectivity index (χ0) is 71.2. The molecule has 3 atom stereocenters. The van der Waals surface area contributed by atoms with Crippen LogP contribution in [0.25, 0.3) is 33.4 Å². The number of esters is 1. The largest absolute Gasteiger partial charge is 0.494 e. The number of hydrogen-bond donors (Lipinski definition) is 8. The molecule has 520 valence electrons. The van der Waals surface area contributed by atoms with Gasteiger partial charge in [-0.1, -0.05) is 79.7 Å². The lowest BCUT2D eigenvalue weighted by Crippen LogP contribution is -2.54. The highest BCUT2D eigenvalue weighted by molar-refractivity contribution is 5.92. The molecule has 7 rings (SSSR count). The topological polar surface area (TPSA) is 392 Å². The van der Waals surface area contributed by atoms with Gasteiger partial charge in [-0.3, -0.25) is 19.2 Å². The number of carbonyl (C=O) groups excluding carboxylic acids is 4. The molecule has 3 aromatic heterocycles. The van der Waals surface area contributed by atoms with Crippen molar-refractivity contribution in [1.82, 2.24) is 50.6 Å². The SMILES string of the molecule is CCCn1ncc(OC)c(-c2ccc(C[C@H](NC(=O)OC(C)(C)C)C(=O)OCCO)cc2)c1=O.COc1cnn(C)c(=O)c1-c1ccc(C[C@H](NC(=O)C2(NC(C)C)CC2)C(=O)O)cc1.COc1cnn(CCO)c(=O)c1-c1ccc(C[C@H](NC(=O)OC(C)(C)C)C(=O)O)cc1. The number of carboxylic acids is 2. The molecular weight excluding hydrogens is 1250 g/mol. The molecule has 6 aromatic rings. The van der Waals surface area contributed by atoms with Crippen LogP contribution in [0.3, 0.4) is 0 Å². The van der Waals surface area contributed by atoms with Crippen LogP contribution in [0.4, 0.5) is 9.59 Å². The molecular formula is C67H88N10O19. The first-order valence-electron chi connectivity index (χ1n) is 30.9. The van der Waals surface area contributed by atoms with Gasteiger partial charge >= 0.3 is 30.1 Å². The number of hydrogen-bond acceptors (Lipinski definition) is 21. The van der Waals surface area contributed by atoms with Gasteiger partial charge in [0.2, 0.25) is 5.91 Å². The van der Waals surface area contributed by atoms with Gasteiger partial charge in [0, 0.05) is 38.9 Å². The molecule has 0 bridgehead atoms. The molecule has 8 N–H and O–H groups in total. The molecule has 0 saturated heterocycles. The summed E-state index contributed by atoms with van der Waals surface area (Å²) in [4.78, 5) is 111. The summed E-state index contributed by atoms with van der Waals surface area (Å²) in [5, 5.41) is 59.9. The zero-order valence-corrected chi connectivity index (χ0v) is 56.3. The molecule has 1 aliphatic rings. The number of aliphatic carboxylic acids is 2. The lowest BCUT2D eigenvalue weighted by Gasteiger charge is -2.23. The highest BCUT2D eigenvalue weighted by atomic mass is 16.6.